The minimum absolute atomic E-state index is 0.414. The molecule has 4 nitrogen and oxygen atoms in total. The summed E-state index contributed by atoms with van der Waals surface area (Å²) < 4.78 is 0. The lowest BCUT2D eigenvalue weighted by atomic mass is 9.69. The Labute approximate surface area is 275 Å². The normalized spacial score (nSPS) is 22.2. The predicted octanol–water partition coefficient (Wildman–Crippen LogP) is 8.00. The van der Waals surface area contributed by atoms with Crippen LogP contribution in [0, 0.1) is 5.92 Å². The SMILES string of the molecule is C=C1c2ccc(N3CCN(CC4CCN(c5ccc(C6c7ccccc7CCC6c6ccccc6)cc5)CC4)CC3)cc2CN1C. The third-order valence-electron chi connectivity index (χ3n) is 11.5. The molecule has 0 saturated carbocycles. The molecule has 0 N–H and O–H groups in total. The van der Waals surface area contributed by atoms with Crippen molar-refractivity contribution in [2.75, 3.05) is 62.7 Å². The molecule has 46 heavy (non-hydrogen) atoms. The Bertz CT molecular complexity index is 1660. The number of hydrogen-bond donors (Lipinski definition) is 0. The summed E-state index contributed by atoms with van der Waals surface area (Å²) in [5.41, 5.74) is 12.6. The molecule has 2 atom stereocenters. The van der Waals surface area contributed by atoms with Crippen LogP contribution < -0.4 is 9.80 Å². The maximum Gasteiger partial charge on any atom is 0.0433 e. The molecule has 0 aromatic heterocycles. The van der Waals surface area contributed by atoms with Gasteiger partial charge < -0.3 is 14.7 Å². The molecule has 0 radical (unpaired) electrons. The molecule has 4 heteroatoms. The number of anilines is 2. The first-order valence-corrected chi connectivity index (χ1v) is 17.6. The van der Waals surface area contributed by atoms with Crippen LogP contribution in [0.5, 0.6) is 0 Å². The van der Waals surface area contributed by atoms with Crippen molar-refractivity contribution in [1.29, 1.82) is 0 Å². The lowest BCUT2D eigenvalue weighted by Crippen LogP contribution is -2.49. The van der Waals surface area contributed by atoms with Gasteiger partial charge in [-0.25, -0.2) is 0 Å². The molecular weight excluding hydrogens is 560 g/mol. The average Bonchev–Trinajstić information content (AvgIpc) is 3.40. The van der Waals surface area contributed by atoms with Crippen LogP contribution in [0.25, 0.3) is 5.70 Å². The maximum absolute atomic E-state index is 4.25. The van der Waals surface area contributed by atoms with Crippen molar-refractivity contribution in [3.8, 4) is 0 Å². The largest absolute Gasteiger partial charge is 0.372 e. The van der Waals surface area contributed by atoms with Gasteiger partial charge >= 0.3 is 0 Å². The molecule has 0 bridgehead atoms. The van der Waals surface area contributed by atoms with Crippen LogP contribution >= 0.6 is 0 Å². The Morgan fingerprint density at radius 1 is 0.652 bits per heavy atom. The number of piperidine rings is 1. The fourth-order valence-electron chi connectivity index (χ4n) is 8.80. The van der Waals surface area contributed by atoms with E-state index >= 15 is 0 Å². The second-order valence-electron chi connectivity index (χ2n) is 14.2. The number of benzene rings is 4. The second-order valence-corrected chi connectivity index (χ2v) is 14.2. The number of piperazine rings is 1. The Hall–Kier alpha value is -4.02. The standard InChI is InChI=1S/C42H48N4/c1-31-39-19-17-38(28-36(39)30-43(31)2)46-26-24-44(25-27-46)29-32-20-22-45(23-21-32)37-15-12-35(13-16-37)42-40-11-7-6-10-34(40)14-18-41(42)33-8-4-3-5-9-33/h3-13,15-17,19,28,32,41-42H,1,14,18,20-27,29-30H2,2H3. The number of fused-ring (bicyclic) bond motifs is 2. The van der Waals surface area contributed by atoms with Crippen LogP contribution in [0.15, 0.2) is 104 Å². The first-order valence-electron chi connectivity index (χ1n) is 17.6. The quantitative estimate of drug-likeness (QED) is 0.220. The fraction of sp³-hybridized carbons (Fsp3) is 0.381. The second kappa shape index (κ2) is 12.6. The third-order valence-corrected chi connectivity index (χ3v) is 11.5. The van der Waals surface area contributed by atoms with Crippen LogP contribution in [-0.4, -0.2) is 62.7 Å². The molecule has 4 aliphatic rings. The highest BCUT2D eigenvalue weighted by Crippen LogP contribution is 2.46. The predicted molar refractivity (Wildman–Crippen MR) is 193 cm³/mol. The van der Waals surface area contributed by atoms with Gasteiger partial charge in [0.1, 0.15) is 0 Å². The smallest absolute Gasteiger partial charge is 0.0433 e. The van der Waals surface area contributed by atoms with Crippen LogP contribution in [0.1, 0.15) is 64.5 Å². The van der Waals surface area contributed by atoms with Crippen LogP contribution in [0.4, 0.5) is 11.4 Å². The van der Waals surface area contributed by atoms with Gasteiger partial charge in [0.05, 0.1) is 0 Å². The van der Waals surface area contributed by atoms with Gasteiger partial charge in [0.15, 0.2) is 0 Å². The molecule has 4 aromatic rings. The Balaban J connectivity index is 0.865. The topological polar surface area (TPSA) is 13.0 Å². The van der Waals surface area contributed by atoms with Crippen molar-refractivity contribution in [3.63, 3.8) is 0 Å². The molecule has 2 saturated heterocycles. The molecule has 3 heterocycles. The summed E-state index contributed by atoms with van der Waals surface area (Å²) in [4.78, 5) is 10.2. The number of nitrogens with zero attached hydrogens (tertiary/aromatic N) is 4. The van der Waals surface area contributed by atoms with E-state index in [1.54, 1.807) is 0 Å². The third kappa shape index (κ3) is 5.73. The van der Waals surface area contributed by atoms with Gasteiger partial charge in [0, 0.05) is 88.0 Å². The Morgan fingerprint density at radius 3 is 2.13 bits per heavy atom. The molecule has 0 amide bonds. The van der Waals surface area contributed by atoms with Crippen molar-refractivity contribution in [2.24, 2.45) is 5.92 Å². The van der Waals surface area contributed by atoms with Crippen molar-refractivity contribution in [2.45, 2.75) is 44.1 Å². The van der Waals surface area contributed by atoms with E-state index in [9.17, 15) is 0 Å². The van der Waals surface area contributed by atoms with Crippen molar-refractivity contribution < 1.29 is 0 Å². The minimum atomic E-state index is 0.414. The van der Waals surface area contributed by atoms with Gasteiger partial charge in [0.25, 0.3) is 0 Å². The van der Waals surface area contributed by atoms with Gasteiger partial charge in [-0.1, -0.05) is 79.4 Å². The van der Waals surface area contributed by atoms with E-state index < -0.39 is 0 Å². The van der Waals surface area contributed by atoms with Gasteiger partial charge in [-0.2, -0.15) is 0 Å². The maximum atomic E-state index is 4.25. The Morgan fingerprint density at radius 2 is 1.35 bits per heavy atom. The number of rotatable bonds is 6. The summed E-state index contributed by atoms with van der Waals surface area (Å²) in [5.74, 6) is 1.74. The summed E-state index contributed by atoms with van der Waals surface area (Å²) in [5, 5.41) is 0. The van der Waals surface area contributed by atoms with Crippen molar-refractivity contribution in [3.05, 3.63) is 137 Å². The lowest BCUT2D eigenvalue weighted by Gasteiger charge is -2.40. The van der Waals surface area contributed by atoms with E-state index in [1.807, 2.05) is 0 Å². The van der Waals surface area contributed by atoms with Gasteiger partial charge in [-0.15, -0.1) is 0 Å². The number of aryl methyl sites for hydroxylation is 1. The molecule has 2 unspecified atom stereocenters. The van der Waals surface area contributed by atoms with Crippen LogP contribution in [-0.2, 0) is 13.0 Å². The van der Waals surface area contributed by atoms with Gasteiger partial charge in [-0.05, 0) is 89.6 Å². The molecule has 236 valence electrons. The first kappa shape index (κ1) is 29.4. The fourth-order valence-corrected chi connectivity index (χ4v) is 8.80. The molecule has 4 aromatic carbocycles. The lowest BCUT2D eigenvalue weighted by molar-refractivity contribution is 0.201. The first-order chi connectivity index (χ1) is 22.6. The molecule has 1 aliphatic carbocycles. The molecule has 0 spiro atoms. The molecule has 3 aliphatic heterocycles. The summed E-state index contributed by atoms with van der Waals surface area (Å²) in [7, 11) is 2.14. The van der Waals surface area contributed by atoms with E-state index in [1.165, 1.54) is 90.1 Å². The molecular formula is C42H48N4. The highest BCUT2D eigenvalue weighted by molar-refractivity contribution is 5.71. The van der Waals surface area contributed by atoms with E-state index in [4.69, 9.17) is 0 Å². The molecule has 8 rings (SSSR count). The summed E-state index contributed by atoms with van der Waals surface area (Å²) >= 11 is 0. The van der Waals surface area contributed by atoms with E-state index in [0.29, 0.717) is 11.8 Å². The summed E-state index contributed by atoms with van der Waals surface area (Å²) in [6, 6.07) is 37.0. The zero-order valence-corrected chi connectivity index (χ0v) is 27.5. The molecule has 2 fully saturated rings. The highest BCUT2D eigenvalue weighted by Gasteiger charge is 2.32. The average molecular weight is 609 g/mol. The Kier molecular flexibility index (Phi) is 8.08. The van der Waals surface area contributed by atoms with Crippen molar-refractivity contribution >= 4 is 17.1 Å². The number of hydrogen-bond acceptors (Lipinski definition) is 4. The summed E-state index contributed by atoms with van der Waals surface area (Å²) in [6.45, 7) is 13.4. The van der Waals surface area contributed by atoms with Gasteiger partial charge in [0.2, 0.25) is 0 Å². The van der Waals surface area contributed by atoms with Crippen LogP contribution in [0.3, 0.4) is 0 Å². The van der Waals surface area contributed by atoms with Crippen LogP contribution in [0.2, 0.25) is 0 Å². The van der Waals surface area contributed by atoms with E-state index in [-0.39, 0.29) is 0 Å². The monoisotopic (exact) mass is 608 g/mol. The van der Waals surface area contributed by atoms with E-state index in [0.717, 1.165) is 44.3 Å². The zero-order valence-electron chi connectivity index (χ0n) is 27.5. The highest BCUT2D eigenvalue weighted by atomic mass is 15.3. The zero-order chi connectivity index (χ0) is 31.0. The summed E-state index contributed by atoms with van der Waals surface area (Å²) in [6.07, 6.45) is 4.95. The van der Waals surface area contributed by atoms with E-state index in [2.05, 4.69) is 130 Å². The minimum Gasteiger partial charge on any atom is -0.372 e. The van der Waals surface area contributed by atoms with Gasteiger partial charge in [-0.3, -0.25) is 4.90 Å². The van der Waals surface area contributed by atoms with Crippen molar-refractivity contribution in [1.82, 2.24) is 9.80 Å².